The van der Waals surface area contributed by atoms with Crippen LogP contribution >= 0.6 is 0 Å². The van der Waals surface area contributed by atoms with Gasteiger partial charge in [-0.25, -0.2) is 8.78 Å². The molecule has 0 atom stereocenters. The van der Waals surface area contributed by atoms with Crippen molar-refractivity contribution in [2.24, 2.45) is 5.41 Å². The Morgan fingerprint density at radius 1 is 1.12 bits per heavy atom. The largest absolute Gasteiger partial charge is 0.298 e. The van der Waals surface area contributed by atoms with Gasteiger partial charge in [0.25, 0.3) is 0 Å². The fourth-order valence-corrected chi connectivity index (χ4v) is 1.65. The van der Waals surface area contributed by atoms with Gasteiger partial charge in [-0.2, -0.15) is 0 Å². The standard InChI is InChI=1S/C13H14F2O2/c1-13(2,3)5-8-4-11(14)9(6-16)10(7-17)12(8)15/h4,6-7H,5H2,1-3H3. The number of rotatable bonds is 3. The Balaban J connectivity index is 3.40. The van der Waals surface area contributed by atoms with E-state index in [1.807, 2.05) is 20.8 Å². The molecule has 0 fully saturated rings. The van der Waals surface area contributed by atoms with Gasteiger partial charge in [0, 0.05) is 0 Å². The van der Waals surface area contributed by atoms with Crippen LogP contribution in [0, 0.1) is 17.0 Å². The van der Waals surface area contributed by atoms with E-state index in [4.69, 9.17) is 0 Å². The molecule has 0 spiro atoms. The fraction of sp³-hybridized carbons (Fsp3) is 0.385. The van der Waals surface area contributed by atoms with E-state index in [2.05, 4.69) is 0 Å². The Labute approximate surface area is 98.6 Å². The van der Waals surface area contributed by atoms with Gasteiger partial charge in [-0.05, 0) is 23.5 Å². The monoisotopic (exact) mass is 240 g/mol. The normalized spacial score (nSPS) is 11.4. The fourth-order valence-electron chi connectivity index (χ4n) is 1.65. The first kappa shape index (κ1) is 13.5. The third-order valence-electron chi connectivity index (χ3n) is 2.32. The third-order valence-corrected chi connectivity index (χ3v) is 2.32. The first-order valence-electron chi connectivity index (χ1n) is 5.21. The lowest BCUT2D eigenvalue weighted by molar-refractivity contribution is 0.108. The van der Waals surface area contributed by atoms with E-state index in [-0.39, 0.29) is 30.0 Å². The van der Waals surface area contributed by atoms with Crippen LogP contribution in [0.4, 0.5) is 8.78 Å². The van der Waals surface area contributed by atoms with Crippen LogP contribution in [0.15, 0.2) is 6.07 Å². The lowest BCUT2D eigenvalue weighted by atomic mass is 9.86. The van der Waals surface area contributed by atoms with E-state index in [0.29, 0.717) is 0 Å². The summed E-state index contributed by atoms with van der Waals surface area (Å²) in [4.78, 5) is 21.3. The highest BCUT2D eigenvalue weighted by atomic mass is 19.1. The summed E-state index contributed by atoms with van der Waals surface area (Å²) in [5.74, 6) is -1.67. The quantitative estimate of drug-likeness (QED) is 0.760. The second-order valence-corrected chi connectivity index (χ2v) is 5.13. The molecule has 92 valence electrons. The maximum absolute atomic E-state index is 13.9. The number of hydrogen-bond acceptors (Lipinski definition) is 2. The summed E-state index contributed by atoms with van der Waals surface area (Å²) in [5.41, 5.74) is -1.15. The van der Waals surface area contributed by atoms with Crippen LogP contribution in [0.3, 0.4) is 0 Å². The first-order chi connectivity index (χ1) is 7.80. The van der Waals surface area contributed by atoms with Crippen molar-refractivity contribution in [3.8, 4) is 0 Å². The molecule has 0 heterocycles. The molecule has 0 aromatic heterocycles. The lowest BCUT2D eigenvalue weighted by Crippen LogP contribution is -2.13. The number of halogens is 2. The molecule has 1 aromatic rings. The van der Waals surface area contributed by atoms with E-state index >= 15 is 0 Å². The zero-order valence-electron chi connectivity index (χ0n) is 10.0. The maximum Gasteiger partial charge on any atom is 0.153 e. The van der Waals surface area contributed by atoms with E-state index in [1.54, 1.807) is 0 Å². The summed E-state index contributed by atoms with van der Waals surface area (Å²) in [6.07, 6.45) is 0.618. The van der Waals surface area contributed by atoms with Gasteiger partial charge < -0.3 is 0 Å². The lowest BCUT2D eigenvalue weighted by Gasteiger charge is -2.19. The van der Waals surface area contributed by atoms with Crippen molar-refractivity contribution < 1.29 is 18.4 Å². The van der Waals surface area contributed by atoms with Crippen LogP contribution in [0.25, 0.3) is 0 Å². The summed E-state index contributed by atoms with van der Waals surface area (Å²) in [7, 11) is 0. The van der Waals surface area contributed by atoms with Crippen LogP contribution < -0.4 is 0 Å². The molecule has 0 N–H and O–H groups in total. The SMILES string of the molecule is CC(C)(C)Cc1cc(F)c(C=O)c(C=O)c1F. The molecule has 0 unspecified atom stereocenters. The van der Waals surface area contributed by atoms with Crippen LogP contribution in [0.1, 0.15) is 47.1 Å². The molecule has 0 radical (unpaired) electrons. The van der Waals surface area contributed by atoms with Crippen LogP contribution in [-0.4, -0.2) is 12.6 Å². The Hall–Kier alpha value is -1.58. The Morgan fingerprint density at radius 2 is 1.65 bits per heavy atom. The highest BCUT2D eigenvalue weighted by Gasteiger charge is 2.21. The highest BCUT2D eigenvalue weighted by Crippen LogP contribution is 2.26. The van der Waals surface area contributed by atoms with E-state index in [0.717, 1.165) is 6.07 Å². The van der Waals surface area contributed by atoms with E-state index < -0.39 is 22.8 Å². The van der Waals surface area contributed by atoms with Gasteiger partial charge >= 0.3 is 0 Å². The molecule has 0 saturated heterocycles. The van der Waals surface area contributed by atoms with Gasteiger partial charge in [0.1, 0.15) is 11.6 Å². The Morgan fingerprint density at radius 3 is 2.06 bits per heavy atom. The second kappa shape index (κ2) is 4.73. The topological polar surface area (TPSA) is 34.1 Å². The van der Waals surface area contributed by atoms with E-state index in [1.165, 1.54) is 0 Å². The Kier molecular flexibility index (Phi) is 3.76. The van der Waals surface area contributed by atoms with Crippen molar-refractivity contribution in [2.75, 3.05) is 0 Å². The van der Waals surface area contributed by atoms with Crippen molar-refractivity contribution >= 4 is 12.6 Å². The van der Waals surface area contributed by atoms with Crippen LogP contribution in [-0.2, 0) is 6.42 Å². The predicted octanol–water partition coefficient (Wildman–Crippen LogP) is 3.18. The molecule has 0 bridgehead atoms. The average Bonchev–Trinajstić information content (AvgIpc) is 2.20. The summed E-state index contributed by atoms with van der Waals surface area (Å²) in [5, 5.41) is 0. The minimum atomic E-state index is -0.859. The zero-order valence-corrected chi connectivity index (χ0v) is 10.0. The molecule has 0 aliphatic rings. The van der Waals surface area contributed by atoms with Crippen molar-refractivity contribution in [1.82, 2.24) is 0 Å². The van der Waals surface area contributed by atoms with Gasteiger partial charge in [0.15, 0.2) is 12.6 Å². The van der Waals surface area contributed by atoms with Crippen LogP contribution in [0.2, 0.25) is 0 Å². The molecule has 1 aromatic carbocycles. The van der Waals surface area contributed by atoms with Gasteiger partial charge in [-0.3, -0.25) is 9.59 Å². The number of benzene rings is 1. The molecule has 4 heteroatoms. The summed E-state index contributed by atoms with van der Waals surface area (Å²) < 4.78 is 27.4. The van der Waals surface area contributed by atoms with Crippen molar-refractivity contribution in [3.05, 3.63) is 34.4 Å². The maximum atomic E-state index is 13.9. The number of carbonyl (C=O) groups is 2. The molecule has 0 saturated carbocycles. The molecular formula is C13H14F2O2. The predicted molar refractivity (Wildman–Crippen MR) is 60.3 cm³/mol. The minimum Gasteiger partial charge on any atom is -0.298 e. The molecule has 0 amide bonds. The van der Waals surface area contributed by atoms with Gasteiger partial charge in [-0.15, -0.1) is 0 Å². The molecule has 2 nitrogen and oxygen atoms in total. The van der Waals surface area contributed by atoms with Crippen molar-refractivity contribution in [2.45, 2.75) is 27.2 Å². The highest BCUT2D eigenvalue weighted by molar-refractivity contribution is 5.91. The minimum absolute atomic E-state index is 0.114. The molecular weight excluding hydrogens is 226 g/mol. The zero-order chi connectivity index (χ0) is 13.2. The molecule has 0 aliphatic heterocycles. The smallest absolute Gasteiger partial charge is 0.153 e. The third kappa shape index (κ3) is 2.96. The Bertz CT molecular complexity index is 459. The van der Waals surface area contributed by atoms with Crippen molar-refractivity contribution in [1.29, 1.82) is 0 Å². The van der Waals surface area contributed by atoms with Gasteiger partial charge in [0.05, 0.1) is 11.1 Å². The van der Waals surface area contributed by atoms with Crippen molar-refractivity contribution in [3.63, 3.8) is 0 Å². The second-order valence-electron chi connectivity index (χ2n) is 5.13. The number of carbonyl (C=O) groups excluding carboxylic acids is 2. The van der Waals surface area contributed by atoms with E-state index in [9.17, 15) is 18.4 Å². The van der Waals surface area contributed by atoms with Gasteiger partial charge in [-0.1, -0.05) is 20.8 Å². The molecule has 17 heavy (non-hydrogen) atoms. The summed E-state index contributed by atoms with van der Waals surface area (Å²) in [6.45, 7) is 5.62. The summed E-state index contributed by atoms with van der Waals surface area (Å²) in [6, 6.07) is 0.983. The number of hydrogen-bond donors (Lipinski definition) is 0. The molecule has 1 rings (SSSR count). The van der Waals surface area contributed by atoms with Crippen LogP contribution in [0.5, 0.6) is 0 Å². The summed E-state index contributed by atoms with van der Waals surface area (Å²) >= 11 is 0. The number of aldehydes is 2. The first-order valence-corrected chi connectivity index (χ1v) is 5.21. The average molecular weight is 240 g/mol. The molecule has 0 aliphatic carbocycles. The van der Waals surface area contributed by atoms with Gasteiger partial charge in [0.2, 0.25) is 0 Å².